The highest BCUT2D eigenvalue weighted by molar-refractivity contribution is 8.14. The molecule has 7 heteroatoms. The number of carbonyl (C=O) groups is 2. The molecule has 0 aliphatic carbocycles. The fourth-order valence-corrected chi connectivity index (χ4v) is 2.21. The van der Waals surface area contributed by atoms with Gasteiger partial charge in [0.05, 0.1) is 13.0 Å². The number of halogens is 1. The van der Waals surface area contributed by atoms with Crippen LogP contribution in [-0.4, -0.2) is 41.3 Å². The van der Waals surface area contributed by atoms with Crippen molar-refractivity contribution < 1.29 is 14.3 Å². The summed E-state index contributed by atoms with van der Waals surface area (Å²) in [5.74, 6) is -0.0550. The Morgan fingerprint density at radius 3 is 3.06 bits per heavy atom. The normalized spacial score (nSPS) is 21.9. The van der Waals surface area contributed by atoms with E-state index in [0.29, 0.717) is 17.5 Å². The monoisotopic (exact) mass is 264 g/mol. The number of carbonyl (C=O) groups excluding carboxylic acids is 2. The zero-order valence-electron chi connectivity index (χ0n) is 8.86. The standard InChI is InChI=1S/C9H13ClN2O3S/c1-2-15-8(14)3-6-5-16-9(11-6)12-7(13)4-10/h6H,2-5H2,1H3,(H,11,12,13). The molecule has 0 spiro atoms. The number of thioether (sulfide) groups is 1. The maximum Gasteiger partial charge on any atom is 0.307 e. The molecule has 1 aliphatic rings. The smallest absolute Gasteiger partial charge is 0.307 e. The van der Waals surface area contributed by atoms with E-state index in [0.717, 1.165) is 0 Å². The Labute approximate surface area is 103 Å². The van der Waals surface area contributed by atoms with Gasteiger partial charge in [0.1, 0.15) is 5.88 Å². The molecule has 1 heterocycles. The maximum atomic E-state index is 11.2. The minimum atomic E-state index is -0.381. The van der Waals surface area contributed by atoms with Crippen LogP contribution in [0.1, 0.15) is 13.3 Å². The van der Waals surface area contributed by atoms with Crippen LogP contribution in [0.15, 0.2) is 4.99 Å². The fourth-order valence-electron chi connectivity index (χ4n) is 1.18. The van der Waals surface area contributed by atoms with E-state index < -0.39 is 0 Å². The Balaban J connectivity index is 2.38. The van der Waals surface area contributed by atoms with Crippen molar-refractivity contribution in [2.45, 2.75) is 19.4 Å². The molecule has 0 saturated carbocycles. The summed E-state index contributed by atoms with van der Waals surface area (Å²) in [4.78, 5) is 25.9. The molecule has 1 N–H and O–H groups in total. The summed E-state index contributed by atoms with van der Waals surface area (Å²) in [6.45, 7) is 2.14. The van der Waals surface area contributed by atoms with Gasteiger partial charge in [-0.2, -0.15) is 4.99 Å². The van der Waals surface area contributed by atoms with Gasteiger partial charge < -0.3 is 10.1 Å². The summed E-state index contributed by atoms with van der Waals surface area (Å²) in [6.07, 6.45) is 0.287. The van der Waals surface area contributed by atoms with E-state index in [1.54, 1.807) is 6.92 Å². The first-order chi connectivity index (χ1) is 7.65. The predicted molar refractivity (Wildman–Crippen MR) is 63.8 cm³/mol. The molecule has 1 aliphatic heterocycles. The van der Waals surface area contributed by atoms with E-state index in [1.807, 2.05) is 0 Å². The Morgan fingerprint density at radius 2 is 2.44 bits per heavy atom. The first-order valence-corrected chi connectivity index (χ1v) is 6.40. The van der Waals surface area contributed by atoms with Crippen LogP contribution >= 0.6 is 23.4 Å². The average Bonchev–Trinajstić information content (AvgIpc) is 2.65. The molecule has 1 rings (SSSR count). The van der Waals surface area contributed by atoms with E-state index in [4.69, 9.17) is 16.3 Å². The van der Waals surface area contributed by atoms with Gasteiger partial charge in [-0.05, 0) is 6.92 Å². The Bertz CT molecular complexity index is 309. The van der Waals surface area contributed by atoms with Crippen molar-refractivity contribution in [2.75, 3.05) is 18.2 Å². The molecule has 16 heavy (non-hydrogen) atoms. The number of aliphatic imine (C=N–C) groups is 1. The third-order valence-electron chi connectivity index (χ3n) is 1.81. The Hall–Kier alpha value is -0.750. The second-order valence-electron chi connectivity index (χ2n) is 3.11. The number of alkyl halides is 1. The minimum Gasteiger partial charge on any atom is -0.466 e. The molecule has 5 nitrogen and oxygen atoms in total. The summed E-state index contributed by atoms with van der Waals surface area (Å²) < 4.78 is 4.83. The van der Waals surface area contributed by atoms with Gasteiger partial charge in [0.15, 0.2) is 5.17 Å². The first-order valence-electron chi connectivity index (χ1n) is 4.88. The topological polar surface area (TPSA) is 67.8 Å². The molecule has 0 bridgehead atoms. The molecule has 0 aromatic rings. The van der Waals surface area contributed by atoms with Gasteiger partial charge in [0.25, 0.3) is 5.91 Å². The lowest BCUT2D eigenvalue weighted by Gasteiger charge is -2.08. The molecule has 0 aromatic heterocycles. The van der Waals surface area contributed by atoms with Gasteiger partial charge in [-0.15, -0.1) is 11.6 Å². The molecule has 0 aromatic carbocycles. The first kappa shape index (κ1) is 13.3. The predicted octanol–water partition coefficient (Wildman–Crippen LogP) is 0.766. The Kier molecular flexibility index (Phi) is 5.62. The quantitative estimate of drug-likeness (QED) is 0.600. The van der Waals surface area contributed by atoms with Crippen LogP contribution in [0.3, 0.4) is 0 Å². The number of amidine groups is 1. The molecular weight excluding hydrogens is 252 g/mol. The molecule has 1 amide bonds. The van der Waals surface area contributed by atoms with Crippen LogP contribution in [0.2, 0.25) is 0 Å². The van der Waals surface area contributed by atoms with Crippen LogP contribution in [0.25, 0.3) is 0 Å². The van der Waals surface area contributed by atoms with Crippen molar-refractivity contribution in [1.82, 2.24) is 5.32 Å². The van der Waals surface area contributed by atoms with Crippen LogP contribution in [-0.2, 0) is 14.3 Å². The maximum absolute atomic E-state index is 11.2. The average molecular weight is 265 g/mol. The van der Waals surface area contributed by atoms with Crippen LogP contribution in [0.5, 0.6) is 0 Å². The summed E-state index contributed by atoms with van der Waals surface area (Å²) in [7, 11) is 0. The molecule has 1 unspecified atom stereocenters. The van der Waals surface area contributed by atoms with E-state index in [1.165, 1.54) is 11.8 Å². The van der Waals surface area contributed by atoms with E-state index in [2.05, 4.69) is 10.3 Å². The van der Waals surface area contributed by atoms with Crippen LogP contribution in [0, 0.1) is 0 Å². The lowest BCUT2D eigenvalue weighted by molar-refractivity contribution is -0.143. The number of rotatable bonds is 4. The zero-order chi connectivity index (χ0) is 12.0. The zero-order valence-corrected chi connectivity index (χ0v) is 10.4. The third-order valence-corrected chi connectivity index (χ3v) is 3.09. The van der Waals surface area contributed by atoms with E-state index in [9.17, 15) is 9.59 Å². The van der Waals surface area contributed by atoms with Crippen LogP contribution < -0.4 is 5.32 Å². The number of esters is 1. The highest BCUT2D eigenvalue weighted by atomic mass is 35.5. The number of hydrogen-bond donors (Lipinski definition) is 1. The fraction of sp³-hybridized carbons (Fsp3) is 0.667. The van der Waals surface area contributed by atoms with Gasteiger partial charge in [0.2, 0.25) is 0 Å². The minimum absolute atomic E-state index is 0.0223. The summed E-state index contributed by atoms with van der Waals surface area (Å²) in [6, 6.07) is -0.0223. The molecular formula is C9H13ClN2O3S. The van der Waals surface area contributed by atoms with Crippen molar-refractivity contribution in [2.24, 2.45) is 4.99 Å². The largest absolute Gasteiger partial charge is 0.466 e. The van der Waals surface area contributed by atoms with E-state index >= 15 is 0 Å². The summed E-state index contributed by atoms with van der Waals surface area (Å²) in [5, 5.41) is 3.51. The highest BCUT2D eigenvalue weighted by Gasteiger charge is 2.23. The van der Waals surface area contributed by atoms with Gasteiger partial charge in [-0.3, -0.25) is 9.59 Å². The second kappa shape index (κ2) is 6.75. The summed E-state index contributed by atoms with van der Waals surface area (Å²) >= 11 is 6.73. The van der Waals surface area contributed by atoms with Crippen molar-refractivity contribution in [1.29, 1.82) is 0 Å². The molecule has 1 fully saturated rings. The van der Waals surface area contributed by atoms with Crippen molar-refractivity contribution in [3.8, 4) is 0 Å². The van der Waals surface area contributed by atoms with Gasteiger partial charge >= 0.3 is 5.97 Å². The van der Waals surface area contributed by atoms with Gasteiger partial charge in [-0.25, -0.2) is 0 Å². The van der Waals surface area contributed by atoms with Crippen molar-refractivity contribution in [3.05, 3.63) is 0 Å². The molecule has 1 atom stereocenters. The summed E-state index contributed by atoms with van der Waals surface area (Å²) in [5.41, 5.74) is 0. The number of nitrogens with zero attached hydrogens (tertiary/aromatic N) is 1. The van der Waals surface area contributed by atoms with Gasteiger partial charge in [0, 0.05) is 11.8 Å². The lowest BCUT2D eigenvalue weighted by atomic mass is 10.2. The lowest BCUT2D eigenvalue weighted by Crippen LogP contribution is -2.30. The highest BCUT2D eigenvalue weighted by Crippen LogP contribution is 2.16. The second-order valence-corrected chi connectivity index (χ2v) is 4.38. The van der Waals surface area contributed by atoms with Gasteiger partial charge in [-0.1, -0.05) is 11.8 Å². The number of amides is 1. The number of nitrogens with one attached hydrogen (secondary N) is 1. The Morgan fingerprint density at radius 1 is 1.69 bits per heavy atom. The van der Waals surface area contributed by atoms with Crippen molar-refractivity contribution >= 4 is 40.4 Å². The van der Waals surface area contributed by atoms with E-state index in [-0.39, 0.29) is 30.2 Å². The number of hydrogen-bond acceptors (Lipinski definition) is 4. The number of ether oxygens (including phenoxy) is 1. The SMILES string of the molecule is CCOC(=O)CC1CSC(=NC(=O)CCl)N1. The van der Waals surface area contributed by atoms with Crippen molar-refractivity contribution in [3.63, 3.8) is 0 Å². The molecule has 1 saturated heterocycles. The molecule has 90 valence electrons. The third kappa shape index (κ3) is 4.40. The molecule has 0 radical (unpaired) electrons. The van der Waals surface area contributed by atoms with Crippen LogP contribution in [0.4, 0.5) is 0 Å².